The molecule has 0 amide bonds. The second-order valence-corrected chi connectivity index (χ2v) is 10.9. The van der Waals surface area contributed by atoms with Gasteiger partial charge in [-0.15, -0.1) is 0 Å². The van der Waals surface area contributed by atoms with Crippen LogP contribution in [0.5, 0.6) is 0 Å². The van der Waals surface area contributed by atoms with Gasteiger partial charge in [0, 0.05) is 0 Å². The molecule has 5 aromatic rings. The SMILES string of the molecule is CC1(C)CC(C)(C)c2cc(-c3c4ccccc4c(-c4ccccc4)c4ccccc34)ccc21. The Balaban J connectivity index is 1.73. The van der Waals surface area contributed by atoms with E-state index in [9.17, 15) is 0 Å². The van der Waals surface area contributed by atoms with E-state index in [1.54, 1.807) is 0 Å². The van der Waals surface area contributed by atoms with Gasteiger partial charge in [0.1, 0.15) is 0 Å². The van der Waals surface area contributed by atoms with Gasteiger partial charge in [-0.05, 0) is 72.2 Å². The molecule has 5 aromatic carbocycles. The van der Waals surface area contributed by atoms with Crippen molar-refractivity contribution in [2.24, 2.45) is 0 Å². The third-order valence-electron chi connectivity index (χ3n) is 7.64. The molecule has 33 heavy (non-hydrogen) atoms. The lowest BCUT2D eigenvalue weighted by Gasteiger charge is -2.22. The fourth-order valence-corrected chi connectivity index (χ4v) is 6.50. The van der Waals surface area contributed by atoms with Crippen molar-refractivity contribution in [3.63, 3.8) is 0 Å². The Morgan fingerprint density at radius 1 is 0.455 bits per heavy atom. The summed E-state index contributed by atoms with van der Waals surface area (Å²) in [6, 6.07) is 35.9. The van der Waals surface area contributed by atoms with E-state index in [1.165, 1.54) is 61.3 Å². The number of rotatable bonds is 2. The number of hydrogen-bond acceptors (Lipinski definition) is 0. The Morgan fingerprint density at radius 2 is 0.909 bits per heavy atom. The molecule has 0 saturated carbocycles. The second-order valence-electron chi connectivity index (χ2n) is 10.9. The maximum atomic E-state index is 2.49. The fraction of sp³-hybridized carbons (Fsp3) is 0.212. The molecule has 6 rings (SSSR count). The monoisotopic (exact) mass is 426 g/mol. The smallest absolute Gasteiger partial charge is 0.00263 e. The van der Waals surface area contributed by atoms with Gasteiger partial charge in [0.05, 0.1) is 0 Å². The molecule has 0 heteroatoms. The van der Waals surface area contributed by atoms with Crippen molar-refractivity contribution in [1.29, 1.82) is 0 Å². The van der Waals surface area contributed by atoms with Gasteiger partial charge in [0.2, 0.25) is 0 Å². The van der Waals surface area contributed by atoms with E-state index in [1.807, 2.05) is 0 Å². The fourth-order valence-electron chi connectivity index (χ4n) is 6.50. The molecule has 1 aliphatic rings. The van der Waals surface area contributed by atoms with Crippen LogP contribution in [0, 0.1) is 0 Å². The van der Waals surface area contributed by atoms with Gasteiger partial charge in [-0.3, -0.25) is 0 Å². The first-order valence-electron chi connectivity index (χ1n) is 12.0. The lowest BCUT2D eigenvalue weighted by atomic mass is 9.81. The molecule has 0 heterocycles. The van der Waals surface area contributed by atoms with E-state index in [0.717, 1.165) is 0 Å². The first kappa shape index (κ1) is 20.2. The van der Waals surface area contributed by atoms with Gasteiger partial charge in [-0.25, -0.2) is 0 Å². The molecule has 0 aromatic heterocycles. The highest BCUT2D eigenvalue weighted by molar-refractivity contribution is 6.21. The molecule has 0 atom stereocenters. The summed E-state index contributed by atoms with van der Waals surface area (Å²) in [5, 5.41) is 5.28. The minimum absolute atomic E-state index is 0.185. The first-order chi connectivity index (χ1) is 15.9. The minimum Gasteiger partial charge on any atom is -0.0622 e. The Hall–Kier alpha value is -3.38. The highest BCUT2D eigenvalue weighted by Crippen LogP contribution is 2.51. The topological polar surface area (TPSA) is 0 Å². The molecule has 0 bridgehead atoms. The Bertz CT molecular complexity index is 1460. The number of benzene rings is 5. The van der Waals surface area contributed by atoms with E-state index in [0.29, 0.717) is 0 Å². The zero-order valence-corrected chi connectivity index (χ0v) is 19.9. The van der Waals surface area contributed by atoms with Crippen LogP contribution in [0.3, 0.4) is 0 Å². The first-order valence-corrected chi connectivity index (χ1v) is 12.0. The lowest BCUT2D eigenvalue weighted by molar-refractivity contribution is 0.403. The van der Waals surface area contributed by atoms with Crippen molar-refractivity contribution in [3.05, 3.63) is 108 Å². The van der Waals surface area contributed by atoms with Gasteiger partial charge >= 0.3 is 0 Å². The summed E-state index contributed by atoms with van der Waals surface area (Å²) in [7, 11) is 0. The molecule has 0 saturated heterocycles. The zero-order valence-electron chi connectivity index (χ0n) is 19.9. The molecular formula is C33H30. The van der Waals surface area contributed by atoms with Gasteiger partial charge in [-0.1, -0.05) is 125 Å². The molecule has 0 spiro atoms. The van der Waals surface area contributed by atoms with E-state index >= 15 is 0 Å². The maximum Gasteiger partial charge on any atom is -0.00263 e. The molecule has 162 valence electrons. The van der Waals surface area contributed by atoms with Crippen molar-refractivity contribution >= 4 is 21.5 Å². The number of fused-ring (bicyclic) bond motifs is 3. The summed E-state index contributed by atoms with van der Waals surface area (Å²) < 4.78 is 0. The summed E-state index contributed by atoms with van der Waals surface area (Å²) >= 11 is 0. The van der Waals surface area contributed by atoms with Gasteiger partial charge < -0.3 is 0 Å². The van der Waals surface area contributed by atoms with Crippen molar-refractivity contribution in [1.82, 2.24) is 0 Å². The summed E-state index contributed by atoms with van der Waals surface area (Å²) in [6.07, 6.45) is 1.19. The van der Waals surface area contributed by atoms with Crippen molar-refractivity contribution < 1.29 is 0 Å². The average molecular weight is 427 g/mol. The van der Waals surface area contributed by atoms with Gasteiger partial charge in [0.25, 0.3) is 0 Å². The van der Waals surface area contributed by atoms with Crippen LogP contribution >= 0.6 is 0 Å². The van der Waals surface area contributed by atoms with Crippen molar-refractivity contribution in [2.75, 3.05) is 0 Å². The molecule has 0 radical (unpaired) electrons. The van der Waals surface area contributed by atoms with Crippen LogP contribution in [0.25, 0.3) is 43.8 Å². The predicted octanol–water partition coefficient (Wildman–Crippen LogP) is 9.29. The third-order valence-corrected chi connectivity index (χ3v) is 7.64. The Labute approximate surface area is 196 Å². The van der Waals surface area contributed by atoms with Gasteiger partial charge in [-0.2, -0.15) is 0 Å². The third kappa shape index (κ3) is 3.04. The molecule has 0 unspecified atom stereocenters. The summed E-state index contributed by atoms with van der Waals surface area (Å²) in [5.74, 6) is 0. The Morgan fingerprint density at radius 3 is 1.45 bits per heavy atom. The van der Waals surface area contributed by atoms with Crippen LogP contribution in [0.2, 0.25) is 0 Å². The van der Waals surface area contributed by atoms with Crippen LogP contribution in [0.15, 0.2) is 97.1 Å². The van der Waals surface area contributed by atoms with Crippen LogP contribution in [0.4, 0.5) is 0 Å². The largest absolute Gasteiger partial charge is 0.0622 e. The zero-order chi connectivity index (χ0) is 22.8. The summed E-state index contributed by atoms with van der Waals surface area (Å²) in [6.45, 7) is 9.58. The Kier molecular flexibility index (Phi) is 4.33. The lowest BCUT2D eigenvalue weighted by Crippen LogP contribution is -2.17. The van der Waals surface area contributed by atoms with Crippen molar-refractivity contribution in [3.8, 4) is 22.3 Å². The molecule has 0 N–H and O–H groups in total. The predicted molar refractivity (Wildman–Crippen MR) is 143 cm³/mol. The highest BCUT2D eigenvalue weighted by Gasteiger charge is 2.41. The molecule has 0 nitrogen and oxygen atoms in total. The van der Waals surface area contributed by atoms with E-state index in [4.69, 9.17) is 0 Å². The second kappa shape index (κ2) is 7.06. The van der Waals surface area contributed by atoms with Crippen molar-refractivity contribution in [2.45, 2.75) is 44.9 Å². The van der Waals surface area contributed by atoms with Gasteiger partial charge in [0.15, 0.2) is 0 Å². The maximum absolute atomic E-state index is 2.49. The highest BCUT2D eigenvalue weighted by atomic mass is 14.5. The van der Waals surface area contributed by atoms with E-state index in [2.05, 4.69) is 125 Å². The summed E-state index contributed by atoms with van der Waals surface area (Å²) in [4.78, 5) is 0. The van der Waals surface area contributed by atoms with Crippen LogP contribution < -0.4 is 0 Å². The quantitative estimate of drug-likeness (QED) is 0.247. The molecule has 0 fully saturated rings. The normalized spacial score (nSPS) is 16.2. The molecular weight excluding hydrogens is 396 g/mol. The van der Waals surface area contributed by atoms with Crippen LogP contribution in [0.1, 0.15) is 45.2 Å². The molecule has 1 aliphatic carbocycles. The standard InChI is InChI=1S/C33H30/c1-32(2)21-33(3,4)29-20-23(18-19-28(29)32)31-26-16-10-8-14-24(26)30(22-12-6-5-7-13-22)25-15-9-11-17-27(25)31/h5-20H,21H2,1-4H3. The average Bonchev–Trinajstić information content (AvgIpc) is 3.01. The van der Waals surface area contributed by atoms with E-state index < -0.39 is 0 Å². The summed E-state index contributed by atoms with van der Waals surface area (Å²) in [5.41, 5.74) is 8.69. The number of hydrogen-bond donors (Lipinski definition) is 0. The minimum atomic E-state index is 0.185. The van der Waals surface area contributed by atoms with Crippen LogP contribution in [-0.4, -0.2) is 0 Å². The molecule has 0 aliphatic heterocycles. The van der Waals surface area contributed by atoms with E-state index in [-0.39, 0.29) is 10.8 Å². The van der Waals surface area contributed by atoms with Crippen LogP contribution in [-0.2, 0) is 10.8 Å².